The number of carbonyl (C=O) groups excluding carboxylic acids is 1. The molecule has 0 saturated heterocycles. The second kappa shape index (κ2) is 6.82. The van der Waals surface area contributed by atoms with E-state index in [0.29, 0.717) is 12.0 Å². The summed E-state index contributed by atoms with van der Waals surface area (Å²) in [4.78, 5) is 11.0. The SMILES string of the molecule is CCC(C)CC(C)NC(CC)C(N)=O. The van der Waals surface area contributed by atoms with Crippen molar-refractivity contribution in [3.63, 3.8) is 0 Å². The summed E-state index contributed by atoms with van der Waals surface area (Å²) in [5, 5.41) is 3.26. The Morgan fingerprint density at radius 2 is 1.86 bits per heavy atom. The topological polar surface area (TPSA) is 55.1 Å². The van der Waals surface area contributed by atoms with E-state index in [1.54, 1.807) is 0 Å². The molecule has 0 aliphatic rings. The molecule has 0 spiro atoms. The third-order valence-electron chi connectivity index (χ3n) is 2.69. The van der Waals surface area contributed by atoms with Crippen molar-refractivity contribution in [2.24, 2.45) is 11.7 Å². The highest BCUT2D eigenvalue weighted by Crippen LogP contribution is 2.10. The number of carbonyl (C=O) groups is 1. The Bertz CT molecular complexity index is 171. The normalized spacial score (nSPS) is 17.4. The van der Waals surface area contributed by atoms with Crippen LogP contribution in [0.1, 0.15) is 47.0 Å². The molecular formula is C11H24N2O. The van der Waals surface area contributed by atoms with Gasteiger partial charge in [-0.05, 0) is 25.7 Å². The number of primary amides is 1. The molecule has 3 N–H and O–H groups in total. The van der Waals surface area contributed by atoms with Gasteiger partial charge in [0.1, 0.15) is 0 Å². The fourth-order valence-electron chi connectivity index (χ4n) is 1.58. The van der Waals surface area contributed by atoms with Crippen molar-refractivity contribution in [3.8, 4) is 0 Å². The molecule has 0 saturated carbocycles. The molecule has 0 heterocycles. The lowest BCUT2D eigenvalue weighted by atomic mass is 9.99. The molecule has 0 aromatic carbocycles. The van der Waals surface area contributed by atoms with Gasteiger partial charge in [0.05, 0.1) is 6.04 Å². The lowest BCUT2D eigenvalue weighted by molar-refractivity contribution is -0.120. The van der Waals surface area contributed by atoms with Crippen LogP contribution in [-0.2, 0) is 4.79 Å². The van der Waals surface area contributed by atoms with E-state index in [1.165, 1.54) is 6.42 Å². The van der Waals surface area contributed by atoms with Crippen LogP contribution >= 0.6 is 0 Å². The Morgan fingerprint density at radius 1 is 1.29 bits per heavy atom. The third kappa shape index (κ3) is 5.22. The van der Waals surface area contributed by atoms with Gasteiger partial charge in [-0.15, -0.1) is 0 Å². The number of rotatable bonds is 7. The van der Waals surface area contributed by atoms with Gasteiger partial charge in [-0.1, -0.05) is 27.2 Å². The molecule has 0 rings (SSSR count). The van der Waals surface area contributed by atoms with Crippen molar-refractivity contribution >= 4 is 5.91 Å². The van der Waals surface area contributed by atoms with Crippen LogP contribution in [0.4, 0.5) is 0 Å². The third-order valence-corrected chi connectivity index (χ3v) is 2.69. The Hall–Kier alpha value is -0.570. The summed E-state index contributed by atoms with van der Waals surface area (Å²) in [5.41, 5.74) is 5.26. The van der Waals surface area contributed by atoms with E-state index < -0.39 is 0 Å². The van der Waals surface area contributed by atoms with Crippen molar-refractivity contribution in [3.05, 3.63) is 0 Å². The van der Waals surface area contributed by atoms with E-state index in [9.17, 15) is 4.79 Å². The lowest BCUT2D eigenvalue weighted by Crippen LogP contribution is -2.45. The summed E-state index contributed by atoms with van der Waals surface area (Å²) in [6, 6.07) is 0.191. The van der Waals surface area contributed by atoms with E-state index >= 15 is 0 Å². The quantitative estimate of drug-likeness (QED) is 0.656. The van der Waals surface area contributed by atoms with Crippen LogP contribution in [0.5, 0.6) is 0 Å². The molecule has 0 aliphatic carbocycles. The highest BCUT2D eigenvalue weighted by Gasteiger charge is 2.16. The Balaban J connectivity index is 3.90. The smallest absolute Gasteiger partial charge is 0.234 e. The van der Waals surface area contributed by atoms with E-state index in [2.05, 4.69) is 26.1 Å². The van der Waals surface area contributed by atoms with Crippen molar-refractivity contribution in [1.82, 2.24) is 5.32 Å². The summed E-state index contributed by atoms with van der Waals surface area (Å²) >= 11 is 0. The highest BCUT2D eigenvalue weighted by atomic mass is 16.1. The maximum atomic E-state index is 11.0. The zero-order valence-corrected chi connectivity index (χ0v) is 9.84. The minimum Gasteiger partial charge on any atom is -0.368 e. The minimum absolute atomic E-state index is 0.172. The maximum Gasteiger partial charge on any atom is 0.234 e. The first-order valence-corrected chi connectivity index (χ1v) is 5.56. The molecule has 0 aliphatic heterocycles. The molecule has 84 valence electrons. The molecule has 0 aromatic heterocycles. The van der Waals surface area contributed by atoms with Gasteiger partial charge in [0.2, 0.25) is 5.91 Å². The lowest BCUT2D eigenvalue weighted by Gasteiger charge is -2.22. The molecule has 14 heavy (non-hydrogen) atoms. The Labute approximate surface area is 87.4 Å². The molecule has 3 heteroatoms. The average molecular weight is 200 g/mol. The second-order valence-corrected chi connectivity index (χ2v) is 4.18. The van der Waals surface area contributed by atoms with Crippen molar-refractivity contribution < 1.29 is 4.79 Å². The molecule has 3 nitrogen and oxygen atoms in total. The summed E-state index contributed by atoms with van der Waals surface area (Å²) in [7, 11) is 0. The molecule has 3 atom stereocenters. The predicted octanol–water partition coefficient (Wildman–Crippen LogP) is 1.66. The second-order valence-electron chi connectivity index (χ2n) is 4.18. The fraction of sp³-hybridized carbons (Fsp3) is 0.909. The fourth-order valence-corrected chi connectivity index (χ4v) is 1.58. The molecule has 1 amide bonds. The van der Waals surface area contributed by atoms with Crippen LogP contribution in [0.25, 0.3) is 0 Å². The predicted molar refractivity (Wildman–Crippen MR) is 59.9 cm³/mol. The zero-order chi connectivity index (χ0) is 11.1. The average Bonchev–Trinajstić information content (AvgIpc) is 2.13. The van der Waals surface area contributed by atoms with E-state index in [4.69, 9.17) is 5.73 Å². The van der Waals surface area contributed by atoms with Crippen LogP contribution in [0.3, 0.4) is 0 Å². The standard InChI is InChI=1S/C11H24N2O/c1-5-8(3)7-9(4)13-10(6-2)11(12)14/h8-10,13H,5-7H2,1-4H3,(H2,12,14). The number of nitrogens with one attached hydrogen (secondary N) is 1. The van der Waals surface area contributed by atoms with Crippen LogP contribution in [0.15, 0.2) is 0 Å². The summed E-state index contributed by atoms with van der Waals surface area (Å²) in [6.07, 6.45) is 3.04. The van der Waals surface area contributed by atoms with Crippen molar-refractivity contribution in [1.29, 1.82) is 0 Å². The van der Waals surface area contributed by atoms with Gasteiger partial charge in [0.25, 0.3) is 0 Å². The van der Waals surface area contributed by atoms with Crippen molar-refractivity contribution in [2.45, 2.75) is 59.0 Å². The van der Waals surface area contributed by atoms with Gasteiger partial charge in [-0.25, -0.2) is 0 Å². The number of nitrogens with two attached hydrogens (primary N) is 1. The van der Waals surface area contributed by atoms with Crippen molar-refractivity contribution in [2.75, 3.05) is 0 Å². The van der Waals surface area contributed by atoms with Gasteiger partial charge in [-0.2, -0.15) is 0 Å². The summed E-state index contributed by atoms with van der Waals surface area (Å²) < 4.78 is 0. The van der Waals surface area contributed by atoms with Gasteiger partial charge < -0.3 is 11.1 Å². The van der Waals surface area contributed by atoms with Gasteiger partial charge in [-0.3, -0.25) is 4.79 Å². The highest BCUT2D eigenvalue weighted by molar-refractivity contribution is 5.79. The number of hydrogen-bond donors (Lipinski definition) is 2. The van der Waals surface area contributed by atoms with Crippen LogP contribution in [-0.4, -0.2) is 18.0 Å². The summed E-state index contributed by atoms with van der Waals surface area (Å²) in [6.45, 7) is 8.49. The largest absolute Gasteiger partial charge is 0.368 e. The maximum absolute atomic E-state index is 11.0. The minimum atomic E-state index is -0.247. The van der Waals surface area contributed by atoms with Crippen LogP contribution in [0.2, 0.25) is 0 Å². The molecule has 0 fully saturated rings. The summed E-state index contributed by atoms with van der Waals surface area (Å²) in [5.74, 6) is 0.450. The Kier molecular flexibility index (Phi) is 6.54. The first-order chi connectivity index (χ1) is 6.51. The van der Waals surface area contributed by atoms with Gasteiger partial charge in [0, 0.05) is 6.04 Å². The van der Waals surface area contributed by atoms with Gasteiger partial charge >= 0.3 is 0 Å². The van der Waals surface area contributed by atoms with E-state index in [1.807, 2.05) is 6.92 Å². The first kappa shape index (κ1) is 13.4. The first-order valence-electron chi connectivity index (χ1n) is 5.56. The molecule has 0 radical (unpaired) electrons. The molecular weight excluding hydrogens is 176 g/mol. The van der Waals surface area contributed by atoms with Gasteiger partial charge in [0.15, 0.2) is 0 Å². The Morgan fingerprint density at radius 3 is 2.21 bits per heavy atom. The monoisotopic (exact) mass is 200 g/mol. The molecule has 0 bridgehead atoms. The molecule has 0 aromatic rings. The van der Waals surface area contributed by atoms with E-state index in [-0.39, 0.29) is 11.9 Å². The number of hydrogen-bond acceptors (Lipinski definition) is 2. The zero-order valence-electron chi connectivity index (χ0n) is 9.84. The number of amides is 1. The van der Waals surface area contributed by atoms with Crippen LogP contribution in [0, 0.1) is 5.92 Å². The van der Waals surface area contributed by atoms with Crippen LogP contribution < -0.4 is 11.1 Å². The molecule has 3 unspecified atom stereocenters. The van der Waals surface area contributed by atoms with E-state index in [0.717, 1.165) is 12.8 Å².